The number of imidazole rings is 1. The zero-order valence-electron chi connectivity index (χ0n) is 16.2. The summed E-state index contributed by atoms with van der Waals surface area (Å²) >= 11 is 0. The van der Waals surface area contributed by atoms with Crippen LogP contribution in [-0.4, -0.2) is 55.0 Å². The molecule has 0 amide bonds. The molecular formula is C22H25N5O2. The SMILES string of the molecule is O[C@@H]1CC[C@@H]2CN(c3ncnc4c3ncn4[C@H]3c4ccccc4CC[C@H]3O)C[C@@H]21. The molecule has 0 spiro atoms. The Balaban J connectivity index is 1.41. The van der Waals surface area contributed by atoms with Crippen LogP contribution in [0.25, 0.3) is 11.2 Å². The fraction of sp³-hybridized carbons (Fsp3) is 0.500. The molecule has 1 aromatic carbocycles. The topological polar surface area (TPSA) is 87.3 Å². The molecule has 0 radical (unpaired) electrons. The van der Waals surface area contributed by atoms with E-state index in [1.165, 1.54) is 5.56 Å². The van der Waals surface area contributed by atoms with Gasteiger partial charge in [-0.3, -0.25) is 0 Å². The first-order chi connectivity index (χ1) is 14.2. The van der Waals surface area contributed by atoms with Gasteiger partial charge in [-0.1, -0.05) is 24.3 Å². The van der Waals surface area contributed by atoms with Crippen molar-refractivity contribution in [3.63, 3.8) is 0 Å². The van der Waals surface area contributed by atoms with E-state index in [-0.39, 0.29) is 12.1 Å². The van der Waals surface area contributed by atoms with Crippen molar-refractivity contribution in [3.05, 3.63) is 48.0 Å². The van der Waals surface area contributed by atoms with Gasteiger partial charge in [0.15, 0.2) is 17.0 Å². The minimum Gasteiger partial charge on any atom is -0.393 e. The molecule has 3 aromatic rings. The van der Waals surface area contributed by atoms with Crippen LogP contribution in [0.1, 0.15) is 36.4 Å². The number of rotatable bonds is 2. The molecule has 5 atom stereocenters. The highest BCUT2D eigenvalue weighted by Gasteiger charge is 2.43. The quantitative estimate of drug-likeness (QED) is 0.694. The Bertz CT molecular complexity index is 1070. The molecule has 3 heterocycles. The van der Waals surface area contributed by atoms with Crippen molar-refractivity contribution in [1.82, 2.24) is 19.5 Å². The summed E-state index contributed by atoms with van der Waals surface area (Å²) < 4.78 is 2.01. The lowest BCUT2D eigenvalue weighted by molar-refractivity contribution is 0.115. The van der Waals surface area contributed by atoms with Crippen LogP contribution in [0.3, 0.4) is 0 Å². The zero-order chi connectivity index (χ0) is 19.5. The zero-order valence-corrected chi connectivity index (χ0v) is 16.2. The molecule has 29 heavy (non-hydrogen) atoms. The molecular weight excluding hydrogens is 366 g/mol. The molecule has 7 nitrogen and oxygen atoms in total. The Hall–Kier alpha value is -2.51. The van der Waals surface area contributed by atoms with Crippen LogP contribution in [0.2, 0.25) is 0 Å². The summed E-state index contributed by atoms with van der Waals surface area (Å²) in [4.78, 5) is 16.0. The number of aliphatic hydroxyl groups excluding tert-OH is 2. The normalized spacial score (nSPS) is 31.2. The van der Waals surface area contributed by atoms with E-state index in [9.17, 15) is 10.2 Å². The third-order valence-corrected chi connectivity index (χ3v) is 7.21. The third kappa shape index (κ3) is 2.60. The van der Waals surface area contributed by atoms with Gasteiger partial charge in [-0.25, -0.2) is 15.0 Å². The van der Waals surface area contributed by atoms with Crippen LogP contribution in [-0.2, 0) is 6.42 Å². The number of fused-ring (bicyclic) bond motifs is 3. The molecule has 1 saturated heterocycles. The number of benzene rings is 1. The largest absolute Gasteiger partial charge is 0.393 e. The van der Waals surface area contributed by atoms with E-state index >= 15 is 0 Å². The number of hydrogen-bond acceptors (Lipinski definition) is 6. The number of nitrogens with zero attached hydrogens (tertiary/aromatic N) is 5. The van der Waals surface area contributed by atoms with Crippen molar-refractivity contribution in [2.75, 3.05) is 18.0 Å². The summed E-state index contributed by atoms with van der Waals surface area (Å²) in [6.07, 6.45) is 6.33. The summed E-state index contributed by atoms with van der Waals surface area (Å²) in [7, 11) is 0. The van der Waals surface area contributed by atoms with Gasteiger partial charge in [0, 0.05) is 19.0 Å². The summed E-state index contributed by atoms with van der Waals surface area (Å²) in [6.45, 7) is 1.73. The van der Waals surface area contributed by atoms with Crippen molar-refractivity contribution in [3.8, 4) is 0 Å². The second-order valence-electron chi connectivity index (χ2n) is 8.74. The predicted molar refractivity (Wildman–Crippen MR) is 109 cm³/mol. The average molecular weight is 391 g/mol. The van der Waals surface area contributed by atoms with Crippen molar-refractivity contribution in [2.45, 2.75) is 43.9 Å². The van der Waals surface area contributed by atoms with Crippen molar-refractivity contribution < 1.29 is 10.2 Å². The lowest BCUT2D eigenvalue weighted by Gasteiger charge is -2.31. The van der Waals surface area contributed by atoms with Gasteiger partial charge >= 0.3 is 0 Å². The maximum absolute atomic E-state index is 10.8. The Kier molecular flexibility index (Phi) is 3.89. The Morgan fingerprint density at radius 2 is 1.83 bits per heavy atom. The second-order valence-corrected chi connectivity index (χ2v) is 8.74. The van der Waals surface area contributed by atoms with Crippen LogP contribution in [0.15, 0.2) is 36.9 Å². The van der Waals surface area contributed by atoms with E-state index in [0.717, 1.165) is 61.3 Å². The van der Waals surface area contributed by atoms with E-state index in [4.69, 9.17) is 0 Å². The lowest BCUT2D eigenvalue weighted by Crippen LogP contribution is -2.30. The van der Waals surface area contributed by atoms with Gasteiger partial charge in [0.2, 0.25) is 0 Å². The summed E-state index contributed by atoms with van der Waals surface area (Å²) in [6, 6.07) is 8.13. The molecule has 3 aliphatic rings. The number of aromatic nitrogens is 4. The van der Waals surface area contributed by atoms with Crippen LogP contribution in [0, 0.1) is 11.8 Å². The first-order valence-electron chi connectivity index (χ1n) is 10.6. The number of aliphatic hydroxyl groups is 2. The van der Waals surface area contributed by atoms with Gasteiger partial charge < -0.3 is 19.7 Å². The molecule has 0 unspecified atom stereocenters. The van der Waals surface area contributed by atoms with Crippen molar-refractivity contribution in [1.29, 1.82) is 0 Å². The predicted octanol–water partition coefficient (Wildman–Crippen LogP) is 1.93. The Labute approximate surface area is 169 Å². The van der Waals surface area contributed by atoms with Gasteiger partial charge in [0.25, 0.3) is 0 Å². The molecule has 6 rings (SSSR count). The summed E-state index contributed by atoms with van der Waals surface area (Å²) in [5, 5.41) is 21.1. The smallest absolute Gasteiger partial charge is 0.166 e. The van der Waals surface area contributed by atoms with Crippen LogP contribution >= 0.6 is 0 Å². The number of anilines is 1. The summed E-state index contributed by atoms with van der Waals surface area (Å²) in [5.41, 5.74) is 3.95. The molecule has 1 aliphatic heterocycles. The number of hydrogen-bond donors (Lipinski definition) is 2. The standard InChI is InChI=1S/C22H25N5O2/c28-17-7-6-14-9-26(10-16(14)17)21-19-22(24-11-23-21)27(12-25-19)20-15-4-2-1-3-13(15)5-8-18(20)29/h1-4,11-12,14,16-18,20,28-29H,5-10H2/t14-,16+,17-,18-,20+/m1/s1. The van der Waals surface area contributed by atoms with Gasteiger partial charge in [0.1, 0.15) is 6.33 Å². The Morgan fingerprint density at radius 1 is 0.931 bits per heavy atom. The van der Waals surface area contributed by atoms with E-state index in [1.807, 2.05) is 10.6 Å². The Morgan fingerprint density at radius 3 is 2.72 bits per heavy atom. The minimum absolute atomic E-state index is 0.188. The van der Waals surface area contributed by atoms with E-state index in [2.05, 4.69) is 38.1 Å². The molecule has 7 heteroatoms. The molecule has 0 bridgehead atoms. The van der Waals surface area contributed by atoms with Crippen molar-refractivity contribution >= 4 is 17.0 Å². The third-order valence-electron chi connectivity index (χ3n) is 7.21. The lowest BCUT2D eigenvalue weighted by atomic mass is 9.85. The first-order valence-corrected chi connectivity index (χ1v) is 10.6. The molecule has 2 N–H and O–H groups in total. The van der Waals surface area contributed by atoms with Crippen molar-refractivity contribution in [2.24, 2.45) is 11.8 Å². The molecule has 1 saturated carbocycles. The van der Waals surface area contributed by atoms with Gasteiger partial charge in [-0.15, -0.1) is 0 Å². The van der Waals surface area contributed by atoms with E-state index in [0.29, 0.717) is 11.8 Å². The molecule has 150 valence electrons. The highest BCUT2D eigenvalue weighted by Crippen LogP contribution is 2.41. The van der Waals surface area contributed by atoms with Crippen LogP contribution in [0.4, 0.5) is 5.82 Å². The summed E-state index contributed by atoms with van der Waals surface area (Å²) in [5.74, 6) is 1.70. The van der Waals surface area contributed by atoms with E-state index in [1.54, 1.807) is 12.7 Å². The van der Waals surface area contributed by atoms with Gasteiger partial charge in [-0.05, 0) is 42.7 Å². The first kappa shape index (κ1) is 17.4. The number of aryl methyl sites for hydroxylation is 1. The molecule has 2 aromatic heterocycles. The highest BCUT2D eigenvalue weighted by molar-refractivity contribution is 5.83. The maximum atomic E-state index is 10.8. The fourth-order valence-corrected chi connectivity index (χ4v) is 5.74. The molecule has 2 fully saturated rings. The average Bonchev–Trinajstić information content (AvgIpc) is 3.44. The second kappa shape index (κ2) is 6.50. The maximum Gasteiger partial charge on any atom is 0.166 e. The van der Waals surface area contributed by atoms with E-state index < -0.39 is 6.10 Å². The fourth-order valence-electron chi connectivity index (χ4n) is 5.74. The minimum atomic E-state index is -0.470. The highest BCUT2D eigenvalue weighted by atomic mass is 16.3. The van der Waals surface area contributed by atoms with Gasteiger partial charge in [0.05, 0.1) is 24.6 Å². The van der Waals surface area contributed by atoms with Crippen LogP contribution in [0.5, 0.6) is 0 Å². The monoisotopic (exact) mass is 391 g/mol. The van der Waals surface area contributed by atoms with Crippen LogP contribution < -0.4 is 4.90 Å². The molecule has 2 aliphatic carbocycles. The van der Waals surface area contributed by atoms with Gasteiger partial charge in [-0.2, -0.15) is 0 Å².